The Morgan fingerprint density at radius 2 is 1.91 bits per heavy atom. The second kappa shape index (κ2) is 5.53. The highest BCUT2D eigenvalue weighted by molar-refractivity contribution is 9.10. The number of hydrogen-bond acceptors (Lipinski definition) is 3. The van der Waals surface area contributed by atoms with Gasteiger partial charge in [-0.2, -0.15) is 18.3 Å². The van der Waals surface area contributed by atoms with E-state index in [4.69, 9.17) is 0 Å². The minimum absolute atomic E-state index is 0.0945. The topological polar surface area (TPSA) is 54.5 Å². The summed E-state index contributed by atoms with van der Waals surface area (Å²) in [4.78, 5) is 7.88. The number of rotatable bonds is 2. The Hall–Kier alpha value is -2.22. The molecule has 0 saturated carbocycles. The summed E-state index contributed by atoms with van der Waals surface area (Å²) in [5.74, 6) is 0.276. The van der Waals surface area contributed by atoms with Crippen molar-refractivity contribution in [1.82, 2.24) is 20.2 Å². The van der Waals surface area contributed by atoms with Crippen molar-refractivity contribution in [3.63, 3.8) is 0 Å². The van der Waals surface area contributed by atoms with Crippen LogP contribution in [0.3, 0.4) is 0 Å². The number of aromatic nitrogens is 4. The largest absolute Gasteiger partial charge is 0.418 e. The third-order valence-corrected chi connectivity index (χ3v) is 3.40. The molecule has 0 aliphatic heterocycles. The molecule has 8 heteroatoms. The van der Waals surface area contributed by atoms with Gasteiger partial charge in [0.1, 0.15) is 5.69 Å². The predicted molar refractivity (Wildman–Crippen MR) is 77.8 cm³/mol. The highest BCUT2D eigenvalue weighted by atomic mass is 79.9. The lowest BCUT2D eigenvalue weighted by Gasteiger charge is -2.08. The van der Waals surface area contributed by atoms with E-state index in [1.165, 1.54) is 12.3 Å². The van der Waals surface area contributed by atoms with E-state index in [0.717, 1.165) is 10.5 Å². The van der Waals surface area contributed by atoms with E-state index in [1.54, 1.807) is 18.2 Å². The third kappa shape index (κ3) is 2.87. The number of alkyl halides is 3. The van der Waals surface area contributed by atoms with Crippen LogP contribution in [0.1, 0.15) is 5.56 Å². The molecule has 0 bridgehead atoms. The molecule has 112 valence electrons. The maximum atomic E-state index is 13.0. The minimum Gasteiger partial charge on any atom is -0.259 e. The Labute approximate surface area is 131 Å². The molecule has 1 N–H and O–H groups in total. The molecule has 3 rings (SSSR count). The first-order valence-electron chi connectivity index (χ1n) is 6.16. The van der Waals surface area contributed by atoms with Gasteiger partial charge in [-0.1, -0.05) is 28.1 Å². The van der Waals surface area contributed by atoms with Gasteiger partial charge < -0.3 is 0 Å². The summed E-state index contributed by atoms with van der Waals surface area (Å²) in [6, 6.07) is 9.38. The maximum Gasteiger partial charge on any atom is 0.418 e. The molecule has 0 amide bonds. The molecular weight excluding hydrogens is 361 g/mol. The van der Waals surface area contributed by atoms with Gasteiger partial charge >= 0.3 is 6.18 Å². The zero-order valence-electron chi connectivity index (χ0n) is 10.9. The number of pyridine rings is 1. The highest BCUT2D eigenvalue weighted by Gasteiger charge is 2.35. The van der Waals surface area contributed by atoms with E-state index in [2.05, 4.69) is 36.1 Å². The van der Waals surface area contributed by atoms with E-state index in [9.17, 15) is 13.2 Å². The van der Waals surface area contributed by atoms with Crippen LogP contribution in [0.5, 0.6) is 0 Å². The van der Waals surface area contributed by atoms with Gasteiger partial charge in [0.15, 0.2) is 5.82 Å². The van der Waals surface area contributed by atoms with E-state index in [1.807, 2.05) is 6.07 Å². The van der Waals surface area contributed by atoms with Crippen molar-refractivity contribution in [2.24, 2.45) is 0 Å². The molecule has 2 heterocycles. The second-order valence-electron chi connectivity index (χ2n) is 4.42. The Bertz CT molecular complexity index is 814. The second-order valence-corrected chi connectivity index (χ2v) is 5.33. The molecule has 0 radical (unpaired) electrons. The first-order chi connectivity index (χ1) is 10.4. The Balaban J connectivity index is 2.06. The van der Waals surface area contributed by atoms with Gasteiger partial charge in [-0.25, -0.2) is 4.98 Å². The van der Waals surface area contributed by atoms with Crippen molar-refractivity contribution >= 4 is 15.9 Å². The SMILES string of the molecule is FC(F)(F)c1cccnc1-c1n[nH]c(-c2cccc(Br)c2)n1. The standard InChI is InChI=1S/C14H8BrF3N4/c15-9-4-1-3-8(7-9)12-20-13(22-21-12)11-10(14(16,17)18)5-2-6-19-11/h1-7H,(H,20,21,22). The molecule has 0 saturated heterocycles. The smallest absolute Gasteiger partial charge is 0.259 e. The fourth-order valence-corrected chi connectivity index (χ4v) is 2.34. The van der Waals surface area contributed by atoms with Crippen molar-refractivity contribution in [3.8, 4) is 22.9 Å². The Morgan fingerprint density at radius 3 is 2.64 bits per heavy atom. The van der Waals surface area contributed by atoms with Crippen molar-refractivity contribution < 1.29 is 13.2 Å². The summed E-state index contributed by atoms with van der Waals surface area (Å²) in [7, 11) is 0. The third-order valence-electron chi connectivity index (χ3n) is 2.91. The summed E-state index contributed by atoms with van der Waals surface area (Å²) >= 11 is 3.33. The van der Waals surface area contributed by atoms with Gasteiger partial charge in [-0.3, -0.25) is 10.1 Å². The summed E-state index contributed by atoms with van der Waals surface area (Å²) < 4.78 is 39.8. The summed E-state index contributed by atoms with van der Waals surface area (Å²) in [6.07, 6.45) is -3.24. The normalized spacial score (nSPS) is 11.6. The number of aromatic amines is 1. The van der Waals surface area contributed by atoms with Crippen molar-refractivity contribution in [3.05, 3.63) is 52.6 Å². The number of H-pyrrole nitrogens is 1. The molecule has 0 atom stereocenters. The number of halogens is 4. The monoisotopic (exact) mass is 368 g/mol. The van der Waals surface area contributed by atoms with Crippen LogP contribution in [0.25, 0.3) is 22.9 Å². The lowest BCUT2D eigenvalue weighted by atomic mass is 10.2. The molecule has 1 aromatic carbocycles. The molecule has 0 fully saturated rings. The van der Waals surface area contributed by atoms with Crippen molar-refractivity contribution in [2.75, 3.05) is 0 Å². The van der Waals surface area contributed by atoms with Crippen LogP contribution >= 0.6 is 15.9 Å². The lowest BCUT2D eigenvalue weighted by molar-refractivity contribution is -0.137. The van der Waals surface area contributed by atoms with Gasteiger partial charge in [0, 0.05) is 16.2 Å². The quantitative estimate of drug-likeness (QED) is 0.732. The summed E-state index contributed by atoms with van der Waals surface area (Å²) in [5.41, 5.74) is -0.458. The van der Waals surface area contributed by atoms with Crippen LogP contribution in [0, 0.1) is 0 Å². The maximum absolute atomic E-state index is 13.0. The molecule has 4 nitrogen and oxygen atoms in total. The summed E-state index contributed by atoms with van der Waals surface area (Å²) in [5, 5.41) is 6.49. The van der Waals surface area contributed by atoms with Crippen LogP contribution < -0.4 is 0 Å². The van der Waals surface area contributed by atoms with Crippen LogP contribution in [0.4, 0.5) is 13.2 Å². The molecule has 0 aliphatic rings. The van der Waals surface area contributed by atoms with Crippen LogP contribution in [0.2, 0.25) is 0 Å². The number of nitrogens with one attached hydrogen (secondary N) is 1. The van der Waals surface area contributed by atoms with Crippen LogP contribution in [-0.2, 0) is 6.18 Å². The highest BCUT2D eigenvalue weighted by Crippen LogP contribution is 2.34. The van der Waals surface area contributed by atoms with Gasteiger partial charge in [0.2, 0.25) is 5.82 Å². The average Bonchev–Trinajstić information content (AvgIpc) is 2.96. The first kappa shape index (κ1) is 14.7. The molecule has 22 heavy (non-hydrogen) atoms. The zero-order chi connectivity index (χ0) is 15.7. The number of nitrogens with zero attached hydrogens (tertiary/aromatic N) is 3. The fourth-order valence-electron chi connectivity index (χ4n) is 1.94. The van der Waals surface area contributed by atoms with E-state index in [0.29, 0.717) is 11.4 Å². The van der Waals surface area contributed by atoms with Gasteiger partial charge in [0.05, 0.1) is 5.56 Å². The fraction of sp³-hybridized carbons (Fsp3) is 0.0714. The van der Waals surface area contributed by atoms with E-state index in [-0.39, 0.29) is 11.5 Å². The van der Waals surface area contributed by atoms with Crippen molar-refractivity contribution in [2.45, 2.75) is 6.18 Å². The molecule has 3 aromatic rings. The molecule has 2 aromatic heterocycles. The van der Waals surface area contributed by atoms with Gasteiger partial charge in [-0.05, 0) is 24.3 Å². The predicted octanol–water partition coefficient (Wildman–Crippen LogP) is 4.32. The Kier molecular flexibility index (Phi) is 3.69. The number of benzene rings is 1. The van der Waals surface area contributed by atoms with Gasteiger partial charge in [0.25, 0.3) is 0 Å². The van der Waals surface area contributed by atoms with E-state index < -0.39 is 11.7 Å². The lowest BCUT2D eigenvalue weighted by Crippen LogP contribution is -2.08. The van der Waals surface area contributed by atoms with E-state index >= 15 is 0 Å². The molecule has 0 spiro atoms. The molecule has 0 aliphatic carbocycles. The minimum atomic E-state index is -4.51. The average molecular weight is 369 g/mol. The van der Waals surface area contributed by atoms with Crippen LogP contribution in [-0.4, -0.2) is 20.2 Å². The summed E-state index contributed by atoms with van der Waals surface area (Å²) in [6.45, 7) is 0. The number of hydrogen-bond donors (Lipinski definition) is 1. The molecule has 0 unspecified atom stereocenters. The molecular formula is C14H8BrF3N4. The van der Waals surface area contributed by atoms with Crippen molar-refractivity contribution in [1.29, 1.82) is 0 Å². The Morgan fingerprint density at radius 1 is 1.09 bits per heavy atom. The van der Waals surface area contributed by atoms with Crippen LogP contribution in [0.15, 0.2) is 47.1 Å². The zero-order valence-corrected chi connectivity index (χ0v) is 12.5. The van der Waals surface area contributed by atoms with Gasteiger partial charge in [-0.15, -0.1) is 0 Å². The first-order valence-corrected chi connectivity index (χ1v) is 6.95.